The molecule has 0 spiro atoms. The van der Waals surface area contributed by atoms with Crippen molar-refractivity contribution in [3.8, 4) is 0 Å². The topological polar surface area (TPSA) is 40.6 Å². The molecule has 0 N–H and O–H groups in total. The molecule has 1 aliphatic heterocycles. The smallest absolute Gasteiger partial charge is 0.243 e. The highest BCUT2D eigenvalue weighted by molar-refractivity contribution is 7.89. The fraction of sp³-hybridized carbons (Fsp3) is 0.250. The van der Waals surface area contributed by atoms with Gasteiger partial charge in [-0.1, -0.05) is 17.7 Å². The van der Waals surface area contributed by atoms with Gasteiger partial charge in [-0.25, -0.2) is 17.2 Å². The monoisotopic (exact) mass is 372 g/mol. The summed E-state index contributed by atoms with van der Waals surface area (Å²) in [7, 11) is -3.62. The third-order valence-corrected chi connectivity index (χ3v) is 6.07. The van der Waals surface area contributed by atoms with Crippen LogP contribution < -0.4 is 4.90 Å². The van der Waals surface area contributed by atoms with Gasteiger partial charge in [0.15, 0.2) is 11.6 Å². The van der Waals surface area contributed by atoms with Gasteiger partial charge in [0, 0.05) is 43.0 Å². The van der Waals surface area contributed by atoms with Crippen LogP contribution in [0, 0.1) is 11.6 Å². The van der Waals surface area contributed by atoms with Crippen LogP contribution >= 0.6 is 11.6 Å². The van der Waals surface area contributed by atoms with Crippen molar-refractivity contribution in [1.82, 2.24) is 4.31 Å². The molecule has 128 valence electrons. The molecule has 0 bridgehead atoms. The van der Waals surface area contributed by atoms with E-state index in [0.29, 0.717) is 23.8 Å². The Kier molecular flexibility index (Phi) is 4.76. The molecule has 8 heteroatoms. The summed E-state index contributed by atoms with van der Waals surface area (Å²) in [5.41, 5.74) is 0.536. The van der Waals surface area contributed by atoms with Crippen molar-refractivity contribution in [2.45, 2.75) is 4.90 Å². The number of halogens is 3. The van der Waals surface area contributed by atoms with E-state index in [1.165, 1.54) is 22.5 Å². The lowest BCUT2D eigenvalue weighted by Gasteiger charge is -2.35. The van der Waals surface area contributed by atoms with Gasteiger partial charge in [-0.05, 0) is 30.3 Å². The quantitative estimate of drug-likeness (QED) is 0.831. The predicted octanol–water partition coefficient (Wildman–Crippen LogP) is 3.13. The number of piperazine rings is 1. The average Bonchev–Trinajstić information content (AvgIpc) is 2.57. The predicted molar refractivity (Wildman–Crippen MR) is 88.8 cm³/mol. The molecular weight excluding hydrogens is 358 g/mol. The lowest BCUT2D eigenvalue weighted by molar-refractivity contribution is 0.384. The summed E-state index contributed by atoms with van der Waals surface area (Å²) < 4.78 is 53.0. The summed E-state index contributed by atoms with van der Waals surface area (Å²) in [5.74, 6) is -1.82. The summed E-state index contributed by atoms with van der Waals surface area (Å²) in [5, 5.41) is 0.358. The summed E-state index contributed by atoms with van der Waals surface area (Å²) >= 11 is 5.86. The van der Waals surface area contributed by atoms with Crippen LogP contribution in [0.4, 0.5) is 14.5 Å². The molecule has 2 aromatic rings. The normalized spacial score (nSPS) is 16.4. The first-order chi connectivity index (χ1) is 11.4. The van der Waals surface area contributed by atoms with Crippen LogP contribution in [0.2, 0.25) is 5.02 Å². The van der Waals surface area contributed by atoms with Crippen molar-refractivity contribution >= 4 is 27.3 Å². The minimum atomic E-state index is -3.62. The van der Waals surface area contributed by atoms with E-state index in [4.69, 9.17) is 11.6 Å². The Balaban J connectivity index is 1.73. The van der Waals surface area contributed by atoms with Crippen LogP contribution in [-0.4, -0.2) is 38.9 Å². The van der Waals surface area contributed by atoms with E-state index in [-0.39, 0.29) is 18.0 Å². The van der Waals surface area contributed by atoms with E-state index in [1.54, 1.807) is 12.1 Å². The summed E-state index contributed by atoms with van der Waals surface area (Å²) in [6, 6.07) is 9.80. The first-order valence-electron chi connectivity index (χ1n) is 7.33. The molecular formula is C16H15ClF2N2O2S. The maximum absolute atomic E-state index is 13.3. The maximum atomic E-state index is 13.3. The zero-order chi connectivity index (χ0) is 17.3. The van der Waals surface area contributed by atoms with E-state index in [0.717, 1.165) is 12.1 Å². The van der Waals surface area contributed by atoms with Gasteiger partial charge in [-0.15, -0.1) is 0 Å². The lowest BCUT2D eigenvalue weighted by atomic mass is 10.2. The molecule has 0 aliphatic carbocycles. The number of anilines is 1. The van der Waals surface area contributed by atoms with Gasteiger partial charge in [0.05, 0.1) is 4.90 Å². The Labute approximate surface area is 144 Å². The highest BCUT2D eigenvalue weighted by Crippen LogP contribution is 2.24. The third-order valence-electron chi connectivity index (χ3n) is 3.94. The van der Waals surface area contributed by atoms with E-state index in [9.17, 15) is 17.2 Å². The Morgan fingerprint density at radius 2 is 1.62 bits per heavy atom. The largest absolute Gasteiger partial charge is 0.369 e. The van der Waals surface area contributed by atoms with Crippen LogP contribution in [-0.2, 0) is 10.0 Å². The van der Waals surface area contributed by atoms with Crippen molar-refractivity contribution in [2.24, 2.45) is 0 Å². The Morgan fingerprint density at radius 1 is 0.917 bits per heavy atom. The zero-order valence-electron chi connectivity index (χ0n) is 12.6. The molecule has 2 aromatic carbocycles. The van der Waals surface area contributed by atoms with E-state index in [1.807, 2.05) is 4.90 Å². The van der Waals surface area contributed by atoms with Gasteiger partial charge < -0.3 is 4.90 Å². The van der Waals surface area contributed by atoms with Crippen LogP contribution in [0.25, 0.3) is 0 Å². The van der Waals surface area contributed by atoms with Crippen molar-refractivity contribution in [3.63, 3.8) is 0 Å². The lowest BCUT2D eigenvalue weighted by Crippen LogP contribution is -2.48. The van der Waals surface area contributed by atoms with Gasteiger partial charge in [-0.2, -0.15) is 4.31 Å². The maximum Gasteiger partial charge on any atom is 0.243 e. The highest BCUT2D eigenvalue weighted by Gasteiger charge is 2.28. The molecule has 0 unspecified atom stereocenters. The second-order valence-corrected chi connectivity index (χ2v) is 7.82. The third kappa shape index (κ3) is 3.38. The fourth-order valence-corrected chi connectivity index (χ4v) is 4.37. The number of hydrogen-bond acceptors (Lipinski definition) is 3. The van der Waals surface area contributed by atoms with Gasteiger partial charge in [-0.3, -0.25) is 0 Å². The Hall–Kier alpha value is -1.70. The summed E-state index contributed by atoms with van der Waals surface area (Å²) in [4.78, 5) is 1.98. The van der Waals surface area contributed by atoms with Gasteiger partial charge in [0.1, 0.15) is 0 Å². The van der Waals surface area contributed by atoms with Crippen LogP contribution in [0.1, 0.15) is 0 Å². The van der Waals surface area contributed by atoms with Gasteiger partial charge >= 0.3 is 0 Å². The second kappa shape index (κ2) is 6.66. The molecule has 0 radical (unpaired) electrons. The Bertz CT molecular complexity index is 853. The Morgan fingerprint density at radius 3 is 2.25 bits per heavy atom. The second-order valence-electron chi connectivity index (χ2n) is 5.45. The van der Waals surface area contributed by atoms with Crippen LogP contribution in [0.5, 0.6) is 0 Å². The molecule has 0 aromatic heterocycles. The summed E-state index contributed by atoms with van der Waals surface area (Å²) in [6.07, 6.45) is 0. The van der Waals surface area contributed by atoms with E-state index >= 15 is 0 Å². The van der Waals surface area contributed by atoms with Crippen LogP contribution in [0.15, 0.2) is 47.4 Å². The van der Waals surface area contributed by atoms with Gasteiger partial charge in [0.2, 0.25) is 10.0 Å². The molecule has 0 saturated carbocycles. The number of hydrogen-bond donors (Lipinski definition) is 0. The first-order valence-corrected chi connectivity index (χ1v) is 9.15. The molecule has 1 saturated heterocycles. The molecule has 0 amide bonds. The van der Waals surface area contributed by atoms with Gasteiger partial charge in [0.25, 0.3) is 0 Å². The van der Waals surface area contributed by atoms with Crippen LogP contribution in [0.3, 0.4) is 0 Å². The number of benzene rings is 2. The molecule has 4 nitrogen and oxygen atoms in total. The highest BCUT2D eigenvalue weighted by atomic mass is 35.5. The summed E-state index contributed by atoms with van der Waals surface area (Å²) in [6.45, 7) is 1.30. The molecule has 1 aliphatic rings. The van der Waals surface area contributed by atoms with Crippen molar-refractivity contribution < 1.29 is 17.2 Å². The molecule has 0 atom stereocenters. The van der Waals surface area contributed by atoms with E-state index < -0.39 is 21.7 Å². The molecule has 24 heavy (non-hydrogen) atoms. The molecule has 1 heterocycles. The first kappa shape index (κ1) is 17.1. The number of nitrogens with zero attached hydrogens (tertiary/aromatic N) is 2. The SMILES string of the molecule is O=S(=O)(c1cccc(Cl)c1)N1CCN(c2ccc(F)c(F)c2)CC1. The standard InChI is InChI=1S/C16H15ClF2N2O2S/c17-12-2-1-3-14(10-12)24(22,23)21-8-6-20(7-9-21)13-4-5-15(18)16(19)11-13/h1-5,10-11H,6-9H2. The minimum Gasteiger partial charge on any atom is -0.369 e. The van der Waals surface area contributed by atoms with Crippen molar-refractivity contribution in [3.05, 3.63) is 59.1 Å². The van der Waals surface area contributed by atoms with Crippen molar-refractivity contribution in [2.75, 3.05) is 31.1 Å². The molecule has 3 rings (SSSR count). The molecule has 1 fully saturated rings. The number of rotatable bonds is 3. The number of sulfonamides is 1. The van der Waals surface area contributed by atoms with Crippen molar-refractivity contribution in [1.29, 1.82) is 0 Å². The average molecular weight is 373 g/mol. The zero-order valence-corrected chi connectivity index (χ0v) is 14.2. The fourth-order valence-electron chi connectivity index (χ4n) is 2.64. The van der Waals surface area contributed by atoms with E-state index in [2.05, 4.69) is 0 Å². The minimum absolute atomic E-state index is 0.149.